The number of aryl methyl sites for hydroxylation is 1. The number of allylic oxidation sites excluding steroid dienone is 3. The van der Waals surface area contributed by atoms with Gasteiger partial charge in [0.25, 0.3) is 0 Å². The highest BCUT2D eigenvalue weighted by Crippen LogP contribution is 2.61. The maximum atomic E-state index is 5.67. The van der Waals surface area contributed by atoms with Gasteiger partial charge in [0.1, 0.15) is 6.33 Å². The quantitative estimate of drug-likeness (QED) is 0.367. The predicted octanol–water partition coefficient (Wildman–Crippen LogP) is 6.26. The zero-order valence-electron chi connectivity index (χ0n) is 21.6. The highest BCUT2D eigenvalue weighted by Gasteiger charge is 2.52. The van der Waals surface area contributed by atoms with Crippen LogP contribution in [0.15, 0.2) is 36.0 Å². The predicted molar refractivity (Wildman–Crippen MR) is 135 cm³/mol. The summed E-state index contributed by atoms with van der Waals surface area (Å²) in [6.45, 7) is 12.9. The number of aromatic nitrogens is 4. The largest absolute Gasteiger partial charge is 0.318 e. The van der Waals surface area contributed by atoms with Crippen molar-refractivity contribution in [3.63, 3.8) is 0 Å². The van der Waals surface area contributed by atoms with Gasteiger partial charge in [0.15, 0.2) is 17.0 Å². The lowest BCUT2D eigenvalue weighted by atomic mass is 9.47. The molecule has 6 nitrogen and oxygen atoms in total. The molecule has 1 saturated carbocycles. The van der Waals surface area contributed by atoms with Crippen LogP contribution in [-0.2, 0) is 11.9 Å². The Morgan fingerprint density at radius 2 is 2.06 bits per heavy atom. The first-order valence-corrected chi connectivity index (χ1v) is 12.5. The average Bonchev–Trinajstić information content (AvgIpc) is 3.19. The Balaban J connectivity index is 1.47. The lowest BCUT2D eigenvalue weighted by molar-refractivity contribution is -0.0466. The van der Waals surface area contributed by atoms with E-state index in [1.807, 2.05) is 11.6 Å². The van der Waals surface area contributed by atoms with Gasteiger partial charge in [-0.15, -0.1) is 0 Å². The molecule has 0 radical (unpaired) electrons. The fourth-order valence-electron chi connectivity index (χ4n) is 6.50. The Morgan fingerprint density at radius 1 is 1.27 bits per heavy atom. The topological polar surface area (TPSA) is 56.1 Å². The summed E-state index contributed by atoms with van der Waals surface area (Å²) in [5, 5.41) is 1.80. The third-order valence-electron chi connectivity index (χ3n) is 9.19. The van der Waals surface area contributed by atoms with Crippen molar-refractivity contribution in [2.24, 2.45) is 29.7 Å². The summed E-state index contributed by atoms with van der Waals surface area (Å²) in [6.07, 6.45) is 15.7. The van der Waals surface area contributed by atoms with Crippen molar-refractivity contribution < 1.29 is 4.84 Å². The molecule has 0 spiro atoms. The molecule has 180 valence electrons. The molecule has 1 fully saturated rings. The second kappa shape index (κ2) is 9.21. The van der Waals surface area contributed by atoms with Gasteiger partial charge < -0.3 is 4.57 Å². The van der Waals surface area contributed by atoms with Crippen molar-refractivity contribution in [1.82, 2.24) is 19.5 Å². The monoisotopic (exact) mass is 451 g/mol. The van der Waals surface area contributed by atoms with Crippen LogP contribution in [0.1, 0.15) is 73.1 Å². The smallest absolute Gasteiger partial charge is 0.184 e. The normalized spacial score (nSPS) is 30.3. The molecule has 0 aliphatic heterocycles. The number of hydrogen-bond acceptors (Lipinski definition) is 5. The minimum Gasteiger partial charge on any atom is -0.318 e. The zero-order valence-corrected chi connectivity index (χ0v) is 21.6. The molecule has 0 N–H and O–H groups in total. The molecule has 0 bridgehead atoms. The van der Waals surface area contributed by atoms with Crippen LogP contribution in [0.25, 0.3) is 11.2 Å². The molecule has 2 aromatic rings. The van der Waals surface area contributed by atoms with E-state index in [1.54, 1.807) is 30.4 Å². The second-order valence-corrected chi connectivity index (χ2v) is 10.9. The van der Waals surface area contributed by atoms with E-state index in [1.165, 1.54) is 37.7 Å². The van der Waals surface area contributed by atoms with Gasteiger partial charge in [0.05, 0.1) is 20.0 Å². The standard InChI is InChI=1S/C27H41N5O/c1-19(13-16-32(33-7)25-23-24(28-17-29-25)31(6)18-30-23)11-14-26(4)21(3)12-15-27(5)20(2)9-8-10-22(26)27/h9,13,17-18,21-22H,8,10-12,14-16H2,1-7H3/b19-13+/t21-,22-,26+,27+/m1/s1. The van der Waals surface area contributed by atoms with E-state index < -0.39 is 0 Å². The van der Waals surface area contributed by atoms with Crippen LogP contribution in [-0.4, -0.2) is 33.2 Å². The summed E-state index contributed by atoms with van der Waals surface area (Å²) in [5.41, 5.74) is 5.37. The molecule has 33 heavy (non-hydrogen) atoms. The summed E-state index contributed by atoms with van der Waals surface area (Å²) >= 11 is 0. The van der Waals surface area contributed by atoms with Crippen molar-refractivity contribution in [1.29, 1.82) is 0 Å². The number of fused-ring (bicyclic) bond motifs is 2. The number of nitrogens with zero attached hydrogens (tertiary/aromatic N) is 5. The Bertz CT molecular complexity index is 1060. The molecule has 2 aliphatic carbocycles. The number of rotatable bonds is 7. The van der Waals surface area contributed by atoms with Crippen molar-refractivity contribution in [2.75, 3.05) is 18.7 Å². The van der Waals surface area contributed by atoms with Crippen LogP contribution in [0.4, 0.5) is 5.82 Å². The molecule has 0 aromatic carbocycles. The average molecular weight is 452 g/mol. The van der Waals surface area contributed by atoms with E-state index >= 15 is 0 Å². The lowest BCUT2D eigenvalue weighted by Gasteiger charge is -2.58. The van der Waals surface area contributed by atoms with E-state index in [-0.39, 0.29) is 0 Å². The van der Waals surface area contributed by atoms with Gasteiger partial charge in [-0.1, -0.05) is 44.1 Å². The van der Waals surface area contributed by atoms with Crippen molar-refractivity contribution in [2.45, 2.75) is 73.1 Å². The molecule has 4 atom stereocenters. The van der Waals surface area contributed by atoms with Crippen molar-refractivity contribution in [3.05, 3.63) is 36.0 Å². The van der Waals surface area contributed by atoms with E-state index in [0.717, 1.165) is 29.4 Å². The van der Waals surface area contributed by atoms with Gasteiger partial charge in [-0.2, -0.15) is 0 Å². The fourth-order valence-corrected chi connectivity index (χ4v) is 6.50. The third kappa shape index (κ3) is 4.23. The Kier molecular flexibility index (Phi) is 6.68. The summed E-state index contributed by atoms with van der Waals surface area (Å²) < 4.78 is 1.90. The molecule has 2 heterocycles. The van der Waals surface area contributed by atoms with E-state index in [0.29, 0.717) is 23.2 Å². The van der Waals surface area contributed by atoms with Crippen LogP contribution < -0.4 is 5.06 Å². The van der Waals surface area contributed by atoms with Crippen LogP contribution >= 0.6 is 0 Å². The van der Waals surface area contributed by atoms with Crippen molar-refractivity contribution >= 4 is 17.0 Å². The summed E-state index contributed by atoms with van der Waals surface area (Å²) in [4.78, 5) is 18.9. The maximum absolute atomic E-state index is 5.67. The summed E-state index contributed by atoms with van der Waals surface area (Å²) in [7, 11) is 3.62. The van der Waals surface area contributed by atoms with Gasteiger partial charge in [0, 0.05) is 7.05 Å². The number of imidazole rings is 1. The van der Waals surface area contributed by atoms with Crippen LogP contribution in [0, 0.1) is 22.7 Å². The summed E-state index contributed by atoms with van der Waals surface area (Å²) in [5.74, 6) is 2.25. The van der Waals surface area contributed by atoms with E-state index in [4.69, 9.17) is 4.84 Å². The first-order valence-electron chi connectivity index (χ1n) is 12.5. The number of hydrogen-bond donors (Lipinski definition) is 0. The van der Waals surface area contributed by atoms with Gasteiger partial charge in [0.2, 0.25) is 0 Å². The van der Waals surface area contributed by atoms with Gasteiger partial charge in [-0.3, -0.25) is 4.84 Å². The molecular weight excluding hydrogens is 410 g/mol. The Morgan fingerprint density at radius 3 is 2.82 bits per heavy atom. The van der Waals surface area contributed by atoms with E-state index in [2.05, 4.69) is 61.7 Å². The SMILES string of the molecule is CON(C/C=C(\C)CC[C@@]1(C)[C@H](C)CC[C@@]2(C)C(C)=CCC[C@H]12)c1ncnc2c1ncn2C. The van der Waals surface area contributed by atoms with Crippen LogP contribution in [0.5, 0.6) is 0 Å². The lowest BCUT2D eigenvalue weighted by Crippen LogP contribution is -2.49. The molecule has 0 unspecified atom stereocenters. The van der Waals surface area contributed by atoms with Gasteiger partial charge in [-0.25, -0.2) is 20.0 Å². The summed E-state index contributed by atoms with van der Waals surface area (Å²) in [6, 6.07) is 0. The van der Waals surface area contributed by atoms with Gasteiger partial charge in [-0.05, 0) is 75.0 Å². The maximum Gasteiger partial charge on any atom is 0.184 e. The van der Waals surface area contributed by atoms with Crippen molar-refractivity contribution in [3.8, 4) is 0 Å². The molecule has 6 heteroatoms. The molecule has 2 aromatic heterocycles. The molecule has 4 rings (SSSR count). The number of anilines is 1. The van der Waals surface area contributed by atoms with Crippen LogP contribution in [0.2, 0.25) is 0 Å². The minimum atomic E-state index is 0.380. The molecule has 0 saturated heterocycles. The first kappa shape index (κ1) is 23.9. The number of hydroxylamine groups is 1. The van der Waals surface area contributed by atoms with Crippen LogP contribution in [0.3, 0.4) is 0 Å². The highest BCUT2D eigenvalue weighted by molar-refractivity contribution is 5.82. The molecular formula is C27H41N5O. The zero-order chi connectivity index (χ0) is 23.8. The fraction of sp³-hybridized carbons (Fsp3) is 0.667. The third-order valence-corrected chi connectivity index (χ3v) is 9.19. The van der Waals surface area contributed by atoms with Gasteiger partial charge >= 0.3 is 0 Å². The molecule has 2 aliphatic rings. The van der Waals surface area contributed by atoms with E-state index in [9.17, 15) is 0 Å². The minimum absolute atomic E-state index is 0.380. The molecule has 0 amide bonds. The second-order valence-electron chi connectivity index (χ2n) is 10.9. The Labute approximate surface area is 199 Å². The Hall–Kier alpha value is -2.21. The highest BCUT2D eigenvalue weighted by atomic mass is 16.7. The first-order chi connectivity index (χ1) is 15.7.